The maximum Gasteiger partial charge on any atom is 0.317 e. The van der Waals surface area contributed by atoms with E-state index in [1.54, 1.807) is 0 Å². The van der Waals surface area contributed by atoms with Gasteiger partial charge in [0.25, 0.3) is 0 Å². The number of carboxylic acids is 1. The Morgan fingerprint density at radius 1 is 1.10 bits per heavy atom. The number of hydrogen-bond donors (Lipinski definition) is 1. The molecule has 114 valence electrons. The van der Waals surface area contributed by atoms with Crippen LogP contribution in [0.15, 0.2) is 0 Å². The van der Waals surface area contributed by atoms with E-state index in [4.69, 9.17) is 5.11 Å². The zero-order chi connectivity index (χ0) is 14.5. The van der Waals surface area contributed by atoms with Gasteiger partial charge in [0.05, 0.1) is 6.54 Å². The van der Waals surface area contributed by atoms with Crippen LogP contribution >= 0.6 is 0 Å². The van der Waals surface area contributed by atoms with Gasteiger partial charge >= 0.3 is 5.97 Å². The van der Waals surface area contributed by atoms with E-state index in [1.807, 2.05) is 16.7 Å². The van der Waals surface area contributed by atoms with E-state index in [1.165, 1.54) is 0 Å². The van der Waals surface area contributed by atoms with Crippen LogP contribution in [-0.4, -0.2) is 83.5 Å². The first kappa shape index (κ1) is 15.3. The predicted octanol–water partition coefficient (Wildman–Crippen LogP) is 0.0896. The molecular formula is C14H25N3O3. The molecule has 0 aliphatic carbocycles. The average molecular weight is 283 g/mol. The van der Waals surface area contributed by atoms with Gasteiger partial charge in [-0.15, -0.1) is 0 Å². The van der Waals surface area contributed by atoms with Crippen molar-refractivity contribution in [3.8, 4) is 0 Å². The minimum atomic E-state index is -0.756. The normalized spacial score (nSPS) is 25.1. The second kappa shape index (κ2) is 7.04. The lowest BCUT2D eigenvalue weighted by atomic mass is 10.2. The van der Waals surface area contributed by atoms with Crippen molar-refractivity contribution in [2.24, 2.45) is 0 Å². The van der Waals surface area contributed by atoms with Crippen LogP contribution in [0.5, 0.6) is 0 Å². The topological polar surface area (TPSA) is 64.1 Å². The molecule has 0 radical (unpaired) electrons. The molecule has 2 fully saturated rings. The number of likely N-dealkylation sites (tertiary alicyclic amines) is 1. The van der Waals surface area contributed by atoms with E-state index in [9.17, 15) is 9.59 Å². The highest BCUT2D eigenvalue weighted by atomic mass is 16.4. The molecule has 1 N–H and O–H groups in total. The summed E-state index contributed by atoms with van der Waals surface area (Å²) in [6, 6.07) is 0.355. The molecule has 2 saturated heterocycles. The van der Waals surface area contributed by atoms with E-state index >= 15 is 0 Å². The van der Waals surface area contributed by atoms with Crippen molar-refractivity contribution in [3.05, 3.63) is 0 Å². The number of aliphatic carboxylic acids is 1. The molecule has 2 aliphatic rings. The summed E-state index contributed by atoms with van der Waals surface area (Å²) in [6.07, 6.45) is 2.79. The molecule has 2 aliphatic heterocycles. The summed E-state index contributed by atoms with van der Waals surface area (Å²) < 4.78 is 0. The number of carbonyl (C=O) groups excluding carboxylic acids is 1. The molecule has 1 amide bonds. The van der Waals surface area contributed by atoms with Gasteiger partial charge in [0.2, 0.25) is 5.91 Å². The summed E-state index contributed by atoms with van der Waals surface area (Å²) >= 11 is 0. The van der Waals surface area contributed by atoms with E-state index < -0.39 is 5.97 Å². The molecule has 2 heterocycles. The lowest BCUT2D eigenvalue weighted by Crippen LogP contribution is -2.51. The molecule has 6 heteroatoms. The number of nitrogens with zero attached hydrogens (tertiary/aromatic N) is 3. The van der Waals surface area contributed by atoms with Crippen molar-refractivity contribution >= 4 is 11.9 Å². The van der Waals surface area contributed by atoms with Crippen LogP contribution in [0.4, 0.5) is 0 Å². The minimum absolute atomic E-state index is 0.137. The molecule has 1 atom stereocenters. The first-order valence-electron chi connectivity index (χ1n) is 7.56. The Balaban J connectivity index is 1.77. The third-order valence-electron chi connectivity index (χ3n) is 4.29. The van der Waals surface area contributed by atoms with Crippen molar-refractivity contribution in [2.75, 3.05) is 45.8 Å². The maximum atomic E-state index is 11.9. The first-order chi connectivity index (χ1) is 9.60. The Kier molecular flexibility index (Phi) is 5.37. The largest absolute Gasteiger partial charge is 0.480 e. The van der Waals surface area contributed by atoms with Crippen molar-refractivity contribution < 1.29 is 14.7 Å². The maximum absolute atomic E-state index is 11.9. The van der Waals surface area contributed by atoms with Crippen LogP contribution in [0.1, 0.15) is 26.2 Å². The molecule has 2 rings (SSSR count). The smallest absolute Gasteiger partial charge is 0.317 e. The molecule has 0 aromatic rings. The molecule has 0 aromatic heterocycles. The van der Waals surface area contributed by atoms with Gasteiger partial charge in [0.1, 0.15) is 0 Å². The standard InChI is InChI=1S/C14H25N3O3/c1-2-13(18)17-5-3-4-12(17)10-15-6-8-16(9-7-15)11-14(19)20/h12H,2-11H2,1H3,(H,19,20). The molecular weight excluding hydrogens is 258 g/mol. The zero-order valence-electron chi connectivity index (χ0n) is 12.3. The fourth-order valence-corrected chi connectivity index (χ4v) is 3.18. The molecule has 20 heavy (non-hydrogen) atoms. The Labute approximate surface area is 120 Å². The molecule has 0 spiro atoms. The van der Waals surface area contributed by atoms with Gasteiger partial charge in [-0.1, -0.05) is 6.92 Å². The Bertz CT molecular complexity index is 354. The molecule has 0 saturated carbocycles. The lowest BCUT2D eigenvalue weighted by Gasteiger charge is -2.36. The SMILES string of the molecule is CCC(=O)N1CCCC1CN1CCN(CC(=O)O)CC1. The van der Waals surface area contributed by atoms with Crippen LogP contribution in [0.2, 0.25) is 0 Å². The molecule has 6 nitrogen and oxygen atoms in total. The van der Waals surface area contributed by atoms with Gasteiger partial charge in [0.15, 0.2) is 0 Å². The van der Waals surface area contributed by atoms with Crippen molar-refractivity contribution in [1.29, 1.82) is 0 Å². The van der Waals surface area contributed by atoms with Gasteiger partial charge < -0.3 is 10.0 Å². The van der Waals surface area contributed by atoms with Crippen LogP contribution in [0.3, 0.4) is 0 Å². The van der Waals surface area contributed by atoms with Crippen molar-refractivity contribution in [1.82, 2.24) is 14.7 Å². The van der Waals surface area contributed by atoms with Gasteiger partial charge in [-0.05, 0) is 12.8 Å². The highest BCUT2D eigenvalue weighted by molar-refractivity contribution is 5.76. The van der Waals surface area contributed by atoms with Crippen LogP contribution in [0.25, 0.3) is 0 Å². The summed E-state index contributed by atoms with van der Waals surface area (Å²) in [6.45, 7) is 7.31. The Hall–Kier alpha value is -1.14. The number of carbonyl (C=O) groups is 2. The van der Waals surface area contributed by atoms with Gasteiger partial charge in [-0.3, -0.25) is 19.4 Å². The highest BCUT2D eigenvalue weighted by Crippen LogP contribution is 2.19. The van der Waals surface area contributed by atoms with Gasteiger partial charge in [-0.2, -0.15) is 0 Å². The number of rotatable bonds is 5. The summed E-state index contributed by atoms with van der Waals surface area (Å²) in [7, 11) is 0. The first-order valence-corrected chi connectivity index (χ1v) is 7.56. The number of carboxylic acid groups (broad SMARTS) is 1. The van der Waals surface area contributed by atoms with Gasteiger partial charge in [0, 0.05) is 51.7 Å². The van der Waals surface area contributed by atoms with E-state index in [-0.39, 0.29) is 12.5 Å². The van der Waals surface area contributed by atoms with Crippen LogP contribution in [-0.2, 0) is 9.59 Å². The fraction of sp³-hybridized carbons (Fsp3) is 0.857. The zero-order valence-corrected chi connectivity index (χ0v) is 12.3. The number of amides is 1. The fourth-order valence-electron chi connectivity index (χ4n) is 3.18. The summed E-state index contributed by atoms with van der Waals surface area (Å²) in [5, 5.41) is 8.78. The lowest BCUT2D eigenvalue weighted by molar-refractivity contribution is -0.139. The third kappa shape index (κ3) is 3.93. The second-order valence-corrected chi connectivity index (χ2v) is 5.71. The number of hydrogen-bond acceptors (Lipinski definition) is 4. The molecule has 0 bridgehead atoms. The van der Waals surface area contributed by atoms with Gasteiger partial charge in [-0.25, -0.2) is 0 Å². The molecule has 1 unspecified atom stereocenters. The minimum Gasteiger partial charge on any atom is -0.480 e. The monoisotopic (exact) mass is 283 g/mol. The average Bonchev–Trinajstić information content (AvgIpc) is 2.87. The van der Waals surface area contributed by atoms with Crippen molar-refractivity contribution in [3.63, 3.8) is 0 Å². The predicted molar refractivity (Wildman–Crippen MR) is 75.5 cm³/mol. The summed E-state index contributed by atoms with van der Waals surface area (Å²) in [4.78, 5) is 28.9. The van der Waals surface area contributed by atoms with Crippen LogP contribution < -0.4 is 0 Å². The summed E-state index contributed by atoms with van der Waals surface area (Å²) in [5.74, 6) is -0.494. The highest BCUT2D eigenvalue weighted by Gasteiger charge is 2.30. The second-order valence-electron chi connectivity index (χ2n) is 5.71. The quantitative estimate of drug-likeness (QED) is 0.775. The van der Waals surface area contributed by atoms with E-state index in [2.05, 4.69) is 4.90 Å². The molecule has 0 aromatic carbocycles. The third-order valence-corrected chi connectivity index (χ3v) is 4.29. The van der Waals surface area contributed by atoms with Crippen LogP contribution in [0, 0.1) is 0 Å². The van der Waals surface area contributed by atoms with E-state index in [0.717, 1.165) is 52.1 Å². The Morgan fingerprint density at radius 2 is 1.75 bits per heavy atom. The van der Waals surface area contributed by atoms with Crippen molar-refractivity contribution in [2.45, 2.75) is 32.2 Å². The summed E-state index contributed by atoms with van der Waals surface area (Å²) in [5.41, 5.74) is 0. The van der Waals surface area contributed by atoms with E-state index in [0.29, 0.717) is 12.5 Å². The number of piperazine rings is 1. The Morgan fingerprint density at radius 3 is 2.35 bits per heavy atom.